The number of amides is 1. The van der Waals surface area contributed by atoms with Crippen LogP contribution in [0.3, 0.4) is 0 Å². The van der Waals surface area contributed by atoms with Crippen molar-refractivity contribution < 1.29 is 29.3 Å². The van der Waals surface area contributed by atoms with E-state index in [1.165, 1.54) is 19.3 Å². The minimum absolute atomic E-state index is 0.115. The van der Waals surface area contributed by atoms with Gasteiger partial charge in [-0.1, -0.05) is 35.0 Å². The minimum atomic E-state index is -1.11. The van der Waals surface area contributed by atoms with Crippen molar-refractivity contribution in [3.63, 3.8) is 0 Å². The summed E-state index contributed by atoms with van der Waals surface area (Å²) in [5.41, 5.74) is 1.03. The van der Waals surface area contributed by atoms with E-state index in [1.807, 2.05) is 0 Å². The zero-order chi connectivity index (χ0) is 20.7. The van der Waals surface area contributed by atoms with Gasteiger partial charge in [0.2, 0.25) is 0 Å². The maximum absolute atomic E-state index is 12.4. The van der Waals surface area contributed by atoms with Crippen LogP contribution in [0.15, 0.2) is 59.1 Å². The fourth-order valence-corrected chi connectivity index (χ4v) is 2.76. The summed E-state index contributed by atoms with van der Waals surface area (Å²) < 4.78 is 11.4. The SMILES string of the molecule is COc1ccc([C@H](OC(=O)Nc2ccc(Br)cc2)[C@H](C)/C=C/C(=O)O)cc1O. The van der Waals surface area contributed by atoms with Gasteiger partial charge in [0.1, 0.15) is 6.10 Å². The Morgan fingerprint density at radius 1 is 1.18 bits per heavy atom. The molecule has 0 heterocycles. The van der Waals surface area contributed by atoms with Crippen LogP contribution in [0.25, 0.3) is 0 Å². The van der Waals surface area contributed by atoms with Crippen LogP contribution < -0.4 is 10.1 Å². The molecule has 0 unspecified atom stereocenters. The number of carboxylic acid groups (broad SMARTS) is 1. The van der Waals surface area contributed by atoms with Crippen molar-refractivity contribution in [2.75, 3.05) is 12.4 Å². The molecule has 0 radical (unpaired) electrons. The lowest BCUT2D eigenvalue weighted by Crippen LogP contribution is -2.21. The predicted octanol–water partition coefficient (Wildman–Crippen LogP) is 4.73. The third-order valence-corrected chi connectivity index (χ3v) is 4.40. The van der Waals surface area contributed by atoms with Crippen LogP contribution >= 0.6 is 15.9 Å². The third kappa shape index (κ3) is 6.02. The highest BCUT2D eigenvalue weighted by Crippen LogP contribution is 2.34. The van der Waals surface area contributed by atoms with Crippen LogP contribution in [-0.4, -0.2) is 29.4 Å². The number of rotatable bonds is 7. The first-order chi connectivity index (χ1) is 13.3. The highest BCUT2D eigenvalue weighted by molar-refractivity contribution is 9.10. The summed E-state index contributed by atoms with van der Waals surface area (Å²) in [6.07, 6.45) is 0.860. The molecule has 2 aromatic carbocycles. The Morgan fingerprint density at radius 2 is 1.86 bits per heavy atom. The fourth-order valence-electron chi connectivity index (χ4n) is 2.49. The zero-order valence-electron chi connectivity index (χ0n) is 15.3. The smallest absolute Gasteiger partial charge is 0.412 e. The highest BCUT2D eigenvalue weighted by atomic mass is 79.9. The molecule has 8 heteroatoms. The van der Waals surface area contributed by atoms with Gasteiger partial charge in [0, 0.05) is 22.2 Å². The second-order valence-corrected chi connectivity index (χ2v) is 6.86. The van der Waals surface area contributed by atoms with Crippen molar-refractivity contribution in [1.82, 2.24) is 0 Å². The van der Waals surface area contributed by atoms with Gasteiger partial charge in [-0.15, -0.1) is 0 Å². The van der Waals surface area contributed by atoms with Gasteiger partial charge in [0.15, 0.2) is 11.5 Å². The van der Waals surface area contributed by atoms with Crippen LogP contribution in [0.5, 0.6) is 11.5 Å². The molecule has 2 atom stereocenters. The van der Waals surface area contributed by atoms with Crippen molar-refractivity contribution in [3.8, 4) is 11.5 Å². The molecule has 3 N–H and O–H groups in total. The number of carbonyl (C=O) groups is 2. The molecule has 0 fully saturated rings. The number of ether oxygens (including phenoxy) is 2. The summed E-state index contributed by atoms with van der Waals surface area (Å²) in [5.74, 6) is -1.42. The van der Waals surface area contributed by atoms with E-state index in [2.05, 4.69) is 21.2 Å². The number of methoxy groups -OCH3 is 1. The Labute approximate surface area is 170 Å². The Bertz CT molecular complexity index is 865. The van der Waals surface area contributed by atoms with Crippen molar-refractivity contribution in [2.45, 2.75) is 13.0 Å². The minimum Gasteiger partial charge on any atom is -0.504 e. The molecule has 1 amide bonds. The molecule has 0 aliphatic rings. The van der Waals surface area contributed by atoms with Crippen LogP contribution in [0, 0.1) is 5.92 Å². The second-order valence-electron chi connectivity index (χ2n) is 5.95. The quantitative estimate of drug-likeness (QED) is 0.527. The van der Waals surface area contributed by atoms with Gasteiger partial charge in [-0.3, -0.25) is 5.32 Å². The number of benzene rings is 2. The number of aliphatic carboxylic acids is 1. The van der Waals surface area contributed by atoms with Gasteiger partial charge in [-0.05, 0) is 42.0 Å². The van der Waals surface area contributed by atoms with Gasteiger partial charge in [0.25, 0.3) is 0 Å². The fraction of sp³-hybridized carbons (Fsp3) is 0.200. The lowest BCUT2D eigenvalue weighted by atomic mass is 9.96. The summed E-state index contributed by atoms with van der Waals surface area (Å²) in [5, 5.41) is 21.5. The van der Waals surface area contributed by atoms with Crippen molar-refractivity contribution >= 4 is 33.7 Å². The first-order valence-electron chi connectivity index (χ1n) is 8.31. The van der Waals surface area contributed by atoms with Crippen LogP contribution in [-0.2, 0) is 9.53 Å². The summed E-state index contributed by atoms with van der Waals surface area (Å²) in [6, 6.07) is 11.5. The molecule has 2 aromatic rings. The zero-order valence-corrected chi connectivity index (χ0v) is 16.8. The van der Waals surface area contributed by atoms with E-state index < -0.39 is 24.1 Å². The number of phenolic OH excluding ortho intramolecular Hbond substituents is 1. The largest absolute Gasteiger partial charge is 0.504 e. The summed E-state index contributed by atoms with van der Waals surface area (Å²) in [7, 11) is 1.42. The number of phenols is 1. The van der Waals surface area contributed by atoms with Crippen LogP contribution in [0.4, 0.5) is 10.5 Å². The summed E-state index contributed by atoms with van der Waals surface area (Å²) in [6.45, 7) is 1.71. The monoisotopic (exact) mass is 449 g/mol. The van der Waals surface area contributed by atoms with E-state index in [9.17, 15) is 14.7 Å². The lowest BCUT2D eigenvalue weighted by Gasteiger charge is -2.23. The maximum atomic E-state index is 12.4. The normalized spacial score (nSPS) is 13.0. The number of anilines is 1. The number of aromatic hydroxyl groups is 1. The molecule has 148 valence electrons. The molecule has 0 aliphatic heterocycles. The van der Waals surface area contributed by atoms with E-state index in [4.69, 9.17) is 14.6 Å². The predicted molar refractivity (Wildman–Crippen MR) is 108 cm³/mol. The number of halogens is 1. The van der Waals surface area contributed by atoms with Crippen molar-refractivity contribution in [1.29, 1.82) is 0 Å². The maximum Gasteiger partial charge on any atom is 0.412 e. The molecule has 0 aromatic heterocycles. The third-order valence-electron chi connectivity index (χ3n) is 3.88. The Hall–Kier alpha value is -3.00. The number of nitrogens with one attached hydrogen (secondary N) is 1. The molecule has 0 bridgehead atoms. The average molecular weight is 450 g/mol. The molecular weight excluding hydrogens is 430 g/mol. The van der Waals surface area contributed by atoms with E-state index in [-0.39, 0.29) is 11.5 Å². The van der Waals surface area contributed by atoms with E-state index in [0.717, 1.165) is 10.5 Å². The van der Waals surface area contributed by atoms with Crippen LogP contribution in [0.1, 0.15) is 18.6 Å². The first kappa shape index (κ1) is 21.3. The van der Waals surface area contributed by atoms with E-state index in [1.54, 1.807) is 43.3 Å². The summed E-state index contributed by atoms with van der Waals surface area (Å²) >= 11 is 3.32. The highest BCUT2D eigenvalue weighted by Gasteiger charge is 2.23. The molecule has 0 saturated carbocycles. The lowest BCUT2D eigenvalue weighted by molar-refractivity contribution is -0.131. The van der Waals surface area contributed by atoms with E-state index in [0.29, 0.717) is 11.3 Å². The second kappa shape index (κ2) is 9.80. The molecule has 7 nitrogen and oxygen atoms in total. The Morgan fingerprint density at radius 3 is 2.43 bits per heavy atom. The van der Waals surface area contributed by atoms with Gasteiger partial charge < -0.3 is 19.7 Å². The topological polar surface area (TPSA) is 105 Å². The molecule has 28 heavy (non-hydrogen) atoms. The molecule has 0 aliphatic carbocycles. The average Bonchev–Trinajstić information content (AvgIpc) is 2.66. The van der Waals surface area contributed by atoms with Gasteiger partial charge in [-0.25, -0.2) is 9.59 Å². The van der Waals surface area contributed by atoms with Gasteiger partial charge >= 0.3 is 12.1 Å². The number of carboxylic acids is 1. The number of hydrogen-bond donors (Lipinski definition) is 3. The van der Waals surface area contributed by atoms with Gasteiger partial charge in [0.05, 0.1) is 7.11 Å². The Kier molecular flexibility index (Phi) is 7.45. The molecule has 0 saturated heterocycles. The van der Waals surface area contributed by atoms with Gasteiger partial charge in [-0.2, -0.15) is 0 Å². The summed E-state index contributed by atoms with van der Waals surface area (Å²) in [4.78, 5) is 23.2. The van der Waals surface area contributed by atoms with Crippen molar-refractivity contribution in [2.24, 2.45) is 5.92 Å². The van der Waals surface area contributed by atoms with Crippen LogP contribution in [0.2, 0.25) is 0 Å². The van der Waals surface area contributed by atoms with E-state index >= 15 is 0 Å². The molecular formula is C20H20BrNO6. The standard InChI is InChI=1S/C20H20BrNO6/c1-12(3-10-18(24)25)19(13-4-9-17(27-2)16(23)11-13)28-20(26)22-15-7-5-14(21)6-8-15/h3-12,19,23H,1-2H3,(H,22,26)(H,24,25)/b10-3+/t12-,19-/m1/s1. The van der Waals surface area contributed by atoms with Crippen molar-refractivity contribution in [3.05, 3.63) is 64.7 Å². The number of hydrogen-bond acceptors (Lipinski definition) is 5. The Balaban J connectivity index is 2.24. The molecule has 0 spiro atoms. The first-order valence-corrected chi connectivity index (χ1v) is 9.10. The number of carbonyl (C=O) groups excluding carboxylic acids is 1. The molecule has 2 rings (SSSR count).